The molecule has 2 atom stereocenters. The first kappa shape index (κ1) is 17.7. The van der Waals surface area contributed by atoms with Gasteiger partial charge in [0.2, 0.25) is 6.23 Å². The summed E-state index contributed by atoms with van der Waals surface area (Å²) in [5.41, 5.74) is 1.50. The standard InChI is InChI=1S/C23H17NO4/c25-20(16-10-4-1-5-11-16)19-21(26)24(18-14-8-3-9-15-18)22(28-23(19)27)17-12-6-2-7-13-17/h1-15,19,22H. The van der Waals surface area contributed by atoms with Gasteiger partial charge in [-0.2, -0.15) is 0 Å². The number of carbonyl (C=O) groups excluding carboxylic acids is 3. The molecule has 1 amide bonds. The summed E-state index contributed by atoms with van der Waals surface area (Å²) >= 11 is 0. The number of Topliss-reactive ketones (excluding diaryl/α,β-unsaturated/α-hetero) is 1. The van der Waals surface area contributed by atoms with Crippen LogP contribution in [0.15, 0.2) is 91.0 Å². The Morgan fingerprint density at radius 1 is 0.750 bits per heavy atom. The summed E-state index contributed by atoms with van der Waals surface area (Å²) in [6.07, 6.45) is -0.927. The molecule has 1 heterocycles. The van der Waals surface area contributed by atoms with Crippen molar-refractivity contribution < 1.29 is 19.1 Å². The van der Waals surface area contributed by atoms with E-state index >= 15 is 0 Å². The molecule has 5 heteroatoms. The number of rotatable bonds is 4. The monoisotopic (exact) mass is 371 g/mol. The molecule has 0 N–H and O–H groups in total. The zero-order valence-corrected chi connectivity index (χ0v) is 14.9. The SMILES string of the molecule is O=C1OC(c2ccccc2)N(c2ccccc2)C(=O)C1C(=O)c1ccccc1. The molecule has 2 unspecified atom stereocenters. The highest BCUT2D eigenvalue weighted by Crippen LogP contribution is 2.35. The smallest absolute Gasteiger partial charge is 0.328 e. The lowest BCUT2D eigenvalue weighted by Crippen LogP contribution is -2.52. The number of carbonyl (C=O) groups is 3. The molecule has 4 rings (SSSR count). The lowest BCUT2D eigenvalue weighted by atomic mass is 9.94. The lowest BCUT2D eigenvalue weighted by molar-refractivity contribution is -0.162. The molecule has 0 aromatic heterocycles. The van der Waals surface area contributed by atoms with Crippen LogP contribution in [0.5, 0.6) is 0 Å². The number of hydrogen-bond acceptors (Lipinski definition) is 4. The second kappa shape index (κ2) is 7.48. The Bertz CT molecular complexity index is 1000. The van der Waals surface area contributed by atoms with E-state index in [4.69, 9.17) is 4.74 Å². The Morgan fingerprint density at radius 3 is 1.89 bits per heavy atom. The minimum atomic E-state index is -1.53. The predicted octanol–water partition coefficient (Wildman–Crippen LogP) is 3.77. The Balaban J connectivity index is 1.77. The third-order valence-corrected chi connectivity index (χ3v) is 4.62. The van der Waals surface area contributed by atoms with Crippen molar-refractivity contribution >= 4 is 23.3 Å². The molecule has 0 bridgehead atoms. The molecule has 0 spiro atoms. The fraction of sp³-hybridized carbons (Fsp3) is 0.0870. The van der Waals surface area contributed by atoms with Crippen molar-refractivity contribution in [3.05, 3.63) is 102 Å². The van der Waals surface area contributed by atoms with E-state index in [0.717, 1.165) is 0 Å². The van der Waals surface area contributed by atoms with Gasteiger partial charge in [-0.15, -0.1) is 0 Å². The fourth-order valence-electron chi connectivity index (χ4n) is 3.26. The van der Waals surface area contributed by atoms with Crippen LogP contribution in [-0.4, -0.2) is 17.7 Å². The van der Waals surface area contributed by atoms with Crippen molar-refractivity contribution in [2.24, 2.45) is 5.92 Å². The van der Waals surface area contributed by atoms with Gasteiger partial charge in [0.05, 0.1) is 0 Å². The molecule has 1 fully saturated rings. The van der Waals surface area contributed by atoms with E-state index in [2.05, 4.69) is 0 Å². The highest BCUT2D eigenvalue weighted by Gasteiger charge is 2.48. The van der Waals surface area contributed by atoms with Gasteiger partial charge >= 0.3 is 5.97 Å². The van der Waals surface area contributed by atoms with E-state index in [1.807, 2.05) is 12.1 Å². The molecule has 5 nitrogen and oxygen atoms in total. The summed E-state index contributed by atoms with van der Waals surface area (Å²) in [5, 5.41) is 0. The quantitative estimate of drug-likeness (QED) is 0.398. The maximum atomic E-state index is 13.3. The number of amides is 1. The van der Waals surface area contributed by atoms with E-state index in [9.17, 15) is 14.4 Å². The van der Waals surface area contributed by atoms with Crippen LogP contribution >= 0.6 is 0 Å². The summed E-state index contributed by atoms with van der Waals surface area (Å²) in [4.78, 5) is 40.3. The Labute approximate surface area is 162 Å². The van der Waals surface area contributed by atoms with Gasteiger partial charge in [-0.1, -0.05) is 78.9 Å². The van der Waals surface area contributed by atoms with E-state index in [-0.39, 0.29) is 0 Å². The topological polar surface area (TPSA) is 63.7 Å². The van der Waals surface area contributed by atoms with Gasteiger partial charge in [-0.05, 0) is 12.1 Å². The zero-order chi connectivity index (χ0) is 19.5. The van der Waals surface area contributed by atoms with E-state index < -0.39 is 29.8 Å². The van der Waals surface area contributed by atoms with Crippen LogP contribution in [0.3, 0.4) is 0 Å². The molecular formula is C23H17NO4. The molecule has 1 saturated heterocycles. The van der Waals surface area contributed by atoms with Gasteiger partial charge < -0.3 is 4.74 Å². The van der Waals surface area contributed by atoms with Gasteiger partial charge in [0.15, 0.2) is 11.7 Å². The summed E-state index contributed by atoms with van der Waals surface area (Å²) in [7, 11) is 0. The Hall–Kier alpha value is -3.73. The summed E-state index contributed by atoms with van der Waals surface area (Å²) in [6.45, 7) is 0. The summed E-state index contributed by atoms with van der Waals surface area (Å²) in [5.74, 6) is -3.52. The number of ether oxygens (including phenoxy) is 1. The molecule has 1 aliphatic heterocycles. The first-order valence-electron chi connectivity index (χ1n) is 8.89. The van der Waals surface area contributed by atoms with Crippen LogP contribution in [0.4, 0.5) is 5.69 Å². The van der Waals surface area contributed by atoms with Crippen LogP contribution < -0.4 is 4.90 Å². The van der Waals surface area contributed by atoms with Gasteiger partial charge in [0.1, 0.15) is 0 Å². The van der Waals surface area contributed by atoms with Gasteiger partial charge in [0, 0.05) is 16.8 Å². The Kier molecular flexibility index (Phi) is 4.72. The van der Waals surface area contributed by atoms with Crippen molar-refractivity contribution in [3.8, 4) is 0 Å². The van der Waals surface area contributed by atoms with Crippen LogP contribution in [0.25, 0.3) is 0 Å². The van der Waals surface area contributed by atoms with Crippen LogP contribution in [0.1, 0.15) is 22.1 Å². The Morgan fingerprint density at radius 2 is 1.29 bits per heavy atom. The molecular weight excluding hydrogens is 354 g/mol. The van der Waals surface area contributed by atoms with Crippen molar-refractivity contribution in [1.29, 1.82) is 0 Å². The summed E-state index contributed by atoms with van der Waals surface area (Å²) in [6, 6.07) is 26.2. The molecule has 1 aliphatic rings. The van der Waals surface area contributed by atoms with Gasteiger partial charge in [-0.3, -0.25) is 19.3 Å². The average molecular weight is 371 g/mol. The molecule has 0 radical (unpaired) electrons. The van der Waals surface area contributed by atoms with Gasteiger partial charge in [-0.25, -0.2) is 0 Å². The number of esters is 1. The second-order valence-electron chi connectivity index (χ2n) is 6.41. The summed E-state index contributed by atoms with van der Waals surface area (Å²) < 4.78 is 5.61. The van der Waals surface area contributed by atoms with Crippen LogP contribution in [0, 0.1) is 5.92 Å². The van der Waals surface area contributed by atoms with Crippen LogP contribution in [0.2, 0.25) is 0 Å². The number of anilines is 1. The maximum absolute atomic E-state index is 13.3. The largest absolute Gasteiger partial charge is 0.436 e. The molecule has 28 heavy (non-hydrogen) atoms. The van der Waals surface area contributed by atoms with Crippen molar-refractivity contribution in [3.63, 3.8) is 0 Å². The number of hydrogen-bond donors (Lipinski definition) is 0. The van der Waals surface area contributed by atoms with E-state index in [1.54, 1.807) is 78.9 Å². The molecule has 138 valence electrons. The molecule has 3 aromatic carbocycles. The van der Waals surface area contributed by atoms with Crippen molar-refractivity contribution in [1.82, 2.24) is 0 Å². The highest BCUT2D eigenvalue weighted by atomic mass is 16.6. The van der Waals surface area contributed by atoms with E-state index in [0.29, 0.717) is 16.8 Å². The molecule has 3 aromatic rings. The fourth-order valence-corrected chi connectivity index (χ4v) is 3.26. The number of ketones is 1. The number of para-hydroxylation sites is 1. The first-order valence-corrected chi connectivity index (χ1v) is 8.89. The third-order valence-electron chi connectivity index (χ3n) is 4.62. The number of nitrogens with zero attached hydrogens (tertiary/aromatic N) is 1. The second-order valence-corrected chi connectivity index (χ2v) is 6.41. The third kappa shape index (κ3) is 3.18. The van der Waals surface area contributed by atoms with Crippen molar-refractivity contribution in [2.75, 3.05) is 4.90 Å². The number of cyclic esters (lactones) is 1. The van der Waals surface area contributed by atoms with Gasteiger partial charge in [0.25, 0.3) is 5.91 Å². The average Bonchev–Trinajstić information content (AvgIpc) is 2.75. The maximum Gasteiger partial charge on any atom is 0.328 e. The van der Waals surface area contributed by atoms with E-state index in [1.165, 1.54) is 4.90 Å². The minimum Gasteiger partial charge on any atom is -0.436 e. The number of benzene rings is 3. The molecule has 0 aliphatic carbocycles. The zero-order valence-electron chi connectivity index (χ0n) is 14.9. The first-order chi connectivity index (χ1) is 13.7. The van der Waals surface area contributed by atoms with Crippen LogP contribution in [-0.2, 0) is 14.3 Å². The minimum absolute atomic E-state index is 0.295. The van der Waals surface area contributed by atoms with Crippen molar-refractivity contribution in [2.45, 2.75) is 6.23 Å². The molecule has 0 saturated carbocycles. The highest BCUT2D eigenvalue weighted by molar-refractivity contribution is 6.26. The predicted molar refractivity (Wildman–Crippen MR) is 103 cm³/mol. The normalized spacial score (nSPS) is 19.2. The lowest BCUT2D eigenvalue weighted by Gasteiger charge is -2.37.